The first kappa shape index (κ1) is 14.5. The van der Waals surface area contributed by atoms with Gasteiger partial charge in [-0.3, -0.25) is 4.79 Å². The van der Waals surface area contributed by atoms with Crippen LogP contribution < -0.4 is 11.1 Å². The third-order valence-corrected chi connectivity index (χ3v) is 4.89. The molecule has 0 aliphatic carbocycles. The van der Waals surface area contributed by atoms with Crippen LogP contribution in [0.2, 0.25) is 5.02 Å². The fourth-order valence-corrected chi connectivity index (χ4v) is 3.65. The fraction of sp³-hybridized carbons (Fsp3) is 0. The van der Waals surface area contributed by atoms with E-state index in [9.17, 15) is 4.79 Å². The van der Waals surface area contributed by atoms with Crippen molar-refractivity contribution < 1.29 is 4.79 Å². The topological polar surface area (TPSA) is 80.9 Å². The number of hydrogen-bond acceptors (Lipinski definition) is 5. The first-order valence-corrected chi connectivity index (χ1v) is 8.09. The van der Waals surface area contributed by atoms with Gasteiger partial charge in [-0.05, 0) is 46.9 Å². The van der Waals surface area contributed by atoms with Gasteiger partial charge in [0.25, 0.3) is 5.91 Å². The van der Waals surface area contributed by atoms with Crippen molar-refractivity contribution in [2.45, 2.75) is 0 Å². The maximum atomic E-state index is 12.4. The summed E-state index contributed by atoms with van der Waals surface area (Å²) in [6.45, 7) is 0. The van der Waals surface area contributed by atoms with Crippen molar-refractivity contribution in [3.63, 3.8) is 0 Å². The zero-order chi connectivity index (χ0) is 15.0. The summed E-state index contributed by atoms with van der Waals surface area (Å²) >= 11 is 9.47. The van der Waals surface area contributed by atoms with E-state index in [-0.39, 0.29) is 5.91 Å². The minimum Gasteiger partial charge on any atom is -0.397 e. The number of nitrogens with two attached hydrogens (primary N) is 1. The molecule has 3 rings (SSSR count). The summed E-state index contributed by atoms with van der Waals surface area (Å²) in [5, 5.41) is 11.7. The summed E-state index contributed by atoms with van der Waals surface area (Å²) in [5.74, 6) is -0.307. The van der Waals surface area contributed by atoms with Crippen molar-refractivity contribution in [2.24, 2.45) is 0 Å². The summed E-state index contributed by atoms with van der Waals surface area (Å²) in [4.78, 5) is 13.4. The fourth-order valence-electron chi connectivity index (χ4n) is 1.81. The number of carbonyl (C=O) groups excluding carboxylic acids is 1. The molecule has 3 N–H and O–H groups in total. The van der Waals surface area contributed by atoms with E-state index in [1.807, 2.05) is 6.07 Å². The Kier molecular flexibility index (Phi) is 3.96. The van der Waals surface area contributed by atoms with Crippen LogP contribution in [0.3, 0.4) is 0 Å². The van der Waals surface area contributed by atoms with Gasteiger partial charge in [-0.1, -0.05) is 11.6 Å². The Bertz CT molecular complexity index is 851. The van der Waals surface area contributed by atoms with E-state index >= 15 is 0 Å². The van der Waals surface area contributed by atoms with E-state index in [4.69, 9.17) is 17.3 Å². The predicted octanol–water partition coefficient (Wildman–Crippen LogP) is 3.78. The minimum atomic E-state index is -0.307. The lowest BCUT2D eigenvalue weighted by Crippen LogP contribution is -2.12. The highest BCUT2D eigenvalue weighted by molar-refractivity contribution is 14.1. The van der Waals surface area contributed by atoms with Gasteiger partial charge in [0.2, 0.25) is 0 Å². The van der Waals surface area contributed by atoms with Crippen LogP contribution in [-0.4, -0.2) is 16.1 Å². The molecule has 0 saturated heterocycles. The van der Waals surface area contributed by atoms with Crippen LogP contribution in [0.5, 0.6) is 0 Å². The highest BCUT2D eigenvalue weighted by Gasteiger charge is 2.18. The number of nitrogen functional groups attached to an aromatic ring is 1. The molecular formula is C13H8ClIN4OS. The van der Waals surface area contributed by atoms with Gasteiger partial charge in [0.05, 0.1) is 22.6 Å². The van der Waals surface area contributed by atoms with E-state index in [2.05, 4.69) is 38.1 Å². The smallest absolute Gasteiger partial charge is 0.267 e. The van der Waals surface area contributed by atoms with Crippen LogP contribution in [0.4, 0.5) is 11.4 Å². The summed E-state index contributed by atoms with van der Waals surface area (Å²) < 4.78 is 0.993. The first-order chi connectivity index (χ1) is 10.1. The van der Waals surface area contributed by atoms with Crippen LogP contribution in [0, 0.1) is 3.57 Å². The molecule has 106 valence electrons. The zero-order valence-electron chi connectivity index (χ0n) is 10.4. The first-order valence-electron chi connectivity index (χ1n) is 5.82. The summed E-state index contributed by atoms with van der Waals surface area (Å²) in [7, 11) is 0. The van der Waals surface area contributed by atoms with Gasteiger partial charge in [-0.15, -0.1) is 16.4 Å². The molecular weight excluding hydrogens is 423 g/mol. The number of benzene rings is 1. The Labute approximate surface area is 142 Å². The molecule has 3 aromatic rings. The van der Waals surface area contributed by atoms with Crippen molar-refractivity contribution in [1.82, 2.24) is 10.2 Å². The van der Waals surface area contributed by atoms with Crippen LogP contribution in [0.15, 0.2) is 30.5 Å². The van der Waals surface area contributed by atoms with Crippen molar-refractivity contribution in [1.29, 1.82) is 0 Å². The lowest BCUT2D eigenvalue weighted by atomic mass is 10.2. The standard InChI is InChI=1S/C13H8ClIN4OS/c14-8-5-6(15)1-2-9(8)18-12(20)11-10(16)7-3-4-17-19-13(7)21-11/h1-5H,16H2,(H,18,20). The lowest BCUT2D eigenvalue weighted by molar-refractivity contribution is 0.103. The van der Waals surface area contributed by atoms with Crippen molar-refractivity contribution in [3.05, 3.63) is 43.9 Å². The molecule has 8 heteroatoms. The van der Waals surface area contributed by atoms with Crippen molar-refractivity contribution in [2.75, 3.05) is 11.1 Å². The number of hydrogen-bond donors (Lipinski definition) is 2. The second-order valence-corrected chi connectivity index (χ2v) is 6.83. The molecule has 0 radical (unpaired) electrons. The number of rotatable bonds is 2. The average Bonchev–Trinajstić information content (AvgIpc) is 2.80. The average molecular weight is 431 g/mol. The molecule has 0 bridgehead atoms. The Morgan fingerprint density at radius 1 is 1.38 bits per heavy atom. The molecule has 1 amide bonds. The largest absolute Gasteiger partial charge is 0.397 e. The number of carbonyl (C=O) groups is 1. The second kappa shape index (κ2) is 5.74. The van der Waals surface area contributed by atoms with Crippen LogP contribution in [-0.2, 0) is 0 Å². The van der Waals surface area contributed by atoms with Gasteiger partial charge in [-0.25, -0.2) is 0 Å². The highest BCUT2D eigenvalue weighted by Crippen LogP contribution is 2.33. The Hall–Kier alpha value is -1.45. The number of thiophene rings is 1. The molecule has 0 fully saturated rings. The van der Waals surface area contributed by atoms with Crippen molar-refractivity contribution >= 4 is 73.0 Å². The molecule has 0 atom stereocenters. The summed E-state index contributed by atoms with van der Waals surface area (Å²) in [6, 6.07) is 7.13. The normalized spacial score (nSPS) is 10.8. The van der Waals surface area contributed by atoms with Crippen LogP contribution in [0.1, 0.15) is 9.67 Å². The molecule has 0 aliphatic rings. The maximum Gasteiger partial charge on any atom is 0.267 e. The maximum absolute atomic E-state index is 12.4. The predicted molar refractivity (Wildman–Crippen MR) is 93.9 cm³/mol. The number of halogens is 2. The molecule has 0 spiro atoms. The van der Waals surface area contributed by atoms with E-state index < -0.39 is 0 Å². The van der Waals surface area contributed by atoms with Gasteiger partial charge in [0, 0.05) is 8.96 Å². The molecule has 5 nitrogen and oxygen atoms in total. The number of nitrogens with one attached hydrogen (secondary N) is 1. The second-order valence-electron chi connectivity index (χ2n) is 4.17. The summed E-state index contributed by atoms with van der Waals surface area (Å²) in [5.41, 5.74) is 6.96. The molecule has 21 heavy (non-hydrogen) atoms. The number of amides is 1. The minimum absolute atomic E-state index is 0.307. The molecule has 0 aliphatic heterocycles. The number of aromatic nitrogens is 2. The van der Waals surface area contributed by atoms with E-state index in [1.165, 1.54) is 11.3 Å². The lowest BCUT2D eigenvalue weighted by Gasteiger charge is -2.06. The van der Waals surface area contributed by atoms with Gasteiger partial charge >= 0.3 is 0 Å². The highest BCUT2D eigenvalue weighted by atomic mass is 127. The third kappa shape index (κ3) is 2.81. The number of anilines is 2. The third-order valence-electron chi connectivity index (χ3n) is 2.81. The molecule has 2 heterocycles. The SMILES string of the molecule is Nc1c(C(=O)Nc2ccc(I)cc2Cl)sc2nnccc12. The molecule has 0 saturated carbocycles. The Morgan fingerprint density at radius 2 is 2.19 bits per heavy atom. The van der Waals surface area contributed by atoms with Crippen molar-refractivity contribution in [3.8, 4) is 0 Å². The Balaban J connectivity index is 1.95. The quantitative estimate of drug-likeness (QED) is 0.606. The van der Waals surface area contributed by atoms with E-state index in [0.717, 1.165) is 8.96 Å². The Morgan fingerprint density at radius 3 is 2.90 bits per heavy atom. The number of fused-ring (bicyclic) bond motifs is 1. The molecule has 2 aromatic heterocycles. The van der Waals surface area contributed by atoms with E-state index in [0.29, 0.717) is 26.1 Å². The van der Waals surface area contributed by atoms with Gasteiger partial charge in [0.15, 0.2) is 0 Å². The van der Waals surface area contributed by atoms with Gasteiger partial charge < -0.3 is 11.1 Å². The zero-order valence-corrected chi connectivity index (χ0v) is 14.2. The van der Waals surface area contributed by atoms with Gasteiger partial charge in [0.1, 0.15) is 9.71 Å². The number of nitrogens with zero attached hydrogens (tertiary/aromatic N) is 2. The molecule has 1 aromatic carbocycles. The van der Waals surface area contributed by atoms with Crippen LogP contribution in [0.25, 0.3) is 10.2 Å². The summed E-state index contributed by atoms with van der Waals surface area (Å²) in [6.07, 6.45) is 1.54. The van der Waals surface area contributed by atoms with Gasteiger partial charge in [-0.2, -0.15) is 5.10 Å². The van der Waals surface area contributed by atoms with E-state index in [1.54, 1.807) is 24.4 Å². The van der Waals surface area contributed by atoms with Crippen LogP contribution >= 0.6 is 45.5 Å². The molecule has 0 unspecified atom stereocenters. The monoisotopic (exact) mass is 430 g/mol.